The van der Waals surface area contributed by atoms with Crippen LogP contribution in [-0.2, 0) is 4.84 Å². The molecular weight excluding hydrogens is 384 g/mol. The van der Waals surface area contributed by atoms with Crippen LogP contribution in [0.3, 0.4) is 0 Å². The molecule has 1 aromatic heterocycles. The molecule has 3 aromatic carbocycles. The molecule has 1 N–H and O–H groups in total. The van der Waals surface area contributed by atoms with E-state index < -0.39 is 0 Å². The van der Waals surface area contributed by atoms with E-state index in [9.17, 15) is 4.79 Å². The lowest BCUT2D eigenvalue weighted by Gasteiger charge is -2.13. The maximum Gasteiger partial charge on any atom is 0.258 e. The molecular formula is C24H17ClN2O2. The number of nitrogens with zero attached hydrogens (tertiary/aromatic N) is 1. The minimum absolute atomic E-state index is 0.165. The molecule has 1 atom stereocenters. The van der Waals surface area contributed by atoms with E-state index in [2.05, 4.69) is 10.1 Å². The van der Waals surface area contributed by atoms with E-state index in [0.29, 0.717) is 22.7 Å². The summed E-state index contributed by atoms with van der Waals surface area (Å²) in [5, 5.41) is 5.95. The number of para-hydroxylation sites is 1. The third-order valence-electron chi connectivity index (χ3n) is 5.18. The predicted molar refractivity (Wildman–Crippen MR) is 116 cm³/mol. The van der Waals surface area contributed by atoms with E-state index in [0.717, 1.165) is 27.6 Å². The number of H-pyrrole nitrogens is 1. The third kappa shape index (κ3) is 3.22. The lowest BCUT2D eigenvalue weighted by atomic mass is 9.91. The third-order valence-corrected chi connectivity index (χ3v) is 5.44. The molecule has 0 amide bonds. The Hall–Kier alpha value is -3.37. The molecule has 4 nitrogen and oxygen atoms in total. The molecule has 0 aliphatic carbocycles. The molecule has 0 saturated heterocycles. The minimum atomic E-state index is -0.239. The van der Waals surface area contributed by atoms with Gasteiger partial charge < -0.3 is 9.82 Å². The highest BCUT2D eigenvalue weighted by Crippen LogP contribution is 2.35. The molecule has 2 heterocycles. The van der Waals surface area contributed by atoms with Crippen molar-refractivity contribution in [3.63, 3.8) is 0 Å². The zero-order valence-electron chi connectivity index (χ0n) is 15.4. The lowest BCUT2D eigenvalue weighted by molar-refractivity contribution is 0.0857. The average Bonchev–Trinajstić information content (AvgIpc) is 3.23. The van der Waals surface area contributed by atoms with Crippen molar-refractivity contribution in [2.24, 2.45) is 5.16 Å². The molecule has 142 valence electrons. The highest BCUT2D eigenvalue weighted by atomic mass is 35.5. The van der Waals surface area contributed by atoms with Crippen molar-refractivity contribution in [2.75, 3.05) is 0 Å². The summed E-state index contributed by atoms with van der Waals surface area (Å²) in [7, 11) is 0. The Kier molecular flexibility index (Phi) is 4.41. The molecule has 1 unspecified atom stereocenters. The van der Waals surface area contributed by atoms with Crippen molar-refractivity contribution in [3.05, 3.63) is 105 Å². The molecule has 0 saturated carbocycles. The zero-order valence-corrected chi connectivity index (χ0v) is 16.2. The molecule has 5 rings (SSSR count). The van der Waals surface area contributed by atoms with Gasteiger partial charge in [-0.25, -0.2) is 0 Å². The molecule has 1 aliphatic heterocycles. The second-order valence-corrected chi connectivity index (χ2v) is 7.44. The van der Waals surface area contributed by atoms with Gasteiger partial charge in [-0.1, -0.05) is 77.4 Å². The van der Waals surface area contributed by atoms with Crippen LogP contribution in [0.4, 0.5) is 0 Å². The van der Waals surface area contributed by atoms with Crippen molar-refractivity contribution >= 4 is 28.2 Å². The molecule has 5 heteroatoms. The van der Waals surface area contributed by atoms with E-state index in [1.54, 1.807) is 0 Å². The summed E-state index contributed by atoms with van der Waals surface area (Å²) >= 11 is 5.99. The highest BCUT2D eigenvalue weighted by molar-refractivity contribution is 6.30. The highest BCUT2D eigenvalue weighted by Gasteiger charge is 2.28. The second kappa shape index (κ2) is 7.22. The molecule has 1 aliphatic rings. The van der Waals surface area contributed by atoms with Gasteiger partial charge in [0.1, 0.15) is 0 Å². The van der Waals surface area contributed by atoms with Crippen molar-refractivity contribution in [1.82, 2.24) is 4.98 Å². The Morgan fingerprint density at radius 3 is 2.41 bits per heavy atom. The summed E-state index contributed by atoms with van der Waals surface area (Å²) in [6.45, 7) is 0. The van der Waals surface area contributed by atoms with Crippen LogP contribution in [0.15, 0.2) is 88.8 Å². The van der Waals surface area contributed by atoms with Crippen LogP contribution in [0.2, 0.25) is 5.02 Å². The van der Waals surface area contributed by atoms with Crippen LogP contribution >= 0.6 is 11.6 Å². The van der Waals surface area contributed by atoms with Crippen molar-refractivity contribution < 1.29 is 4.84 Å². The number of oxime groups is 1. The number of halogens is 1. The van der Waals surface area contributed by atoms with Crippen LogP contribution in [0.25, 0.3) is 22.0 Å². The molecule has 0 spiro atoms. The average molecular weight is 401 g/mol. The Morgan fingerprint density at radius 1 is 0.897 bits per heavy atom. The summed E-state index contributed by atoms with van der Waals surface area (Å²) in [6, 6.07) is 25.3. The van der Waals surface area contributed by atoms with E-state index >= 15 is 0 Å². The Balaban J connectivity index is 1.65. The first-order chi connectivity index (χ1) is 14.2. The second-order valence-electron chi connectivity index (χ2n) is 7.00. The van der Waals surface area contributed by atoms with Gasteiger partial charge in [-0.05, 0) is 29.3 Å². The number of hydrogen-bond donors (Lipinski definition) is 1. The quantitative estimate of drug-likeness (QED) is 0.478. The zero-order chi connectivity index (χ0) is 19.8. The van der Waals surface area contributed by atoms with Crippen LogP contribution in [0.5, 0.6) is 0 Å². The fraction of sp³-hybridized carbons (Fsp3) is 0.0833. The van der Waals surface area contributed by atoms with Gasteiger partial charge in [0.15, 0.2) is 6.10 Å². The van der Waals surface area contributed by atoms with Gasteiger partial charge in [0.25, 0.3) is 5.56 Å². The number of nitrogens with one attached hydrogen (secondary N) is 1. The summed E-state index contributed by atoms with van der Waals surface area (Å²) in [5.74, 6) is 0. The molecule has 0 fully saturated rings. The van der Waals surface area contributed by atoms with Crippen LogP contribution < -0.4 is 5.56 Å². The first-order valence-electron chi connectivity index (χ1n) is 9.39. The normalized spacial score (nSPS) is 15.9. The lowest BCUT2D eigenvalue weighted by Crippen LogP contribution is -2.19. The fourth-order valence-corrected chi connectivity index (χ4v) is 3.93. The number of hydrogen-bond acceptors (Lipinski definition) is 3. The number of fused-ring (bicyclic) bond motifs is 1. The Bertz CT molecular complexity index is 1280. The van der Waals surface area contributed by atoms with E-state index in [-0.39, 0.29) is 11.7 Å². The number of benzene rings is 3. The molecule has 0 radical (unpaired) electrons. The minimum Gasteiger partial charge on any atom is -0.387 e. The van der Waals surface area contributed by atoms with Crippen molar-refractivity contribution in [1.29, 1.82) is 0 Å². The van der Waals surface area contributed by atoms with Gasteiger partial charge in [-0.2, -0.15) is 0 Å². The Morgan fingerprint density at radius 2 is 1.62 bits per heavy atom. The standard InChI is InChI=1S/C24H17ClN2O2/c25-17-12-10-15(11-13-17)21-14-20(27-29-21)23-22(16-6-2-1-3-7-16)18-8-4-5-9-19(18)26-24(23)28/h1-13,21H,14H2,(H,26,28). The van der Waals surface area contributed by atoms with Gasteiger partial charge in [0.05, 0.1) is 11.3 Å². The maximum absolute atomic E-state index is 13.1. The predicted octanol–water partition coefficient (Wildman–Crippen LogP) is 5.71. The van der Waals surface area contributed by atoms with Gasteiger partial charge in [0, 0.05) is 27.9 Å². The monoisotopic (exact) mass is 400 g/mol. The van der Waals surface area contributed by atoms with E-state index in [1.165, 1.54) is 0 Å². The van der Waals surface area contributed by atoms with Crippen LogP contribution in [-0.4, -0.2) is 10.7 Å². The molecule has 29 heavy (non-hydrogen) atoms. The van der Waals surface area contributed by atoms with Gasteiger partial charge in [0.2, 0.25) is 0 Å². The first-order valence-corrected chi connectivity index (χ1v) is 9.77. The fourth-order valence-electron chi connectivity index (χ4n) is 3.80. The number of pyridine rings is 1. The van der Waals surface area contributed by atoms with Crippen LogP contribution in [0.1, 0.15) is 23.7 Å². The largest absolute Gasteiger partial charge is 0.387 e. The van der Waals surface area contributed by atoms with Crippen molar-refractivity contribution in [2.45, 2.75) is 12.5 Å². The van der Waals surface area contributed by atoms with Crippen LogP contribution in [0, 0.1) is 0 Å². The Labute approximate surface area is 172 Å². The van der Waals surface area contributed by atoms with E-state index in [1.807, 2.05) is 78.9 Å². The number of rotatable bonds is 3. The number of aromatic amines is 1. The SMILES string of the molecule is O=c1[nH]c2ccccc2c(-c2ccccc2)c1C1=NOC(c2ccc(Cl)cc2)C1. The summed E-state index contributed by atoms with van der Waals surface area (Å²) in [5.41, 5.74) is 4.68. The summed E-state index contributed by atoms with van der Waals surface area (Å²) in [4.78, 5) is 21.8. The van der Waals surface area contributed by atoms with E-state index in [4.69, 9.17) is 16.4 Å². The number of aromatic nitrogens is 1. The smallest absolute Gasteiger partial charge is 0.258 e. The first kappa shape index (κ1) is 17.7. The molecule has 4 aromatic rings. The maximum atomic E-state index is 13.1. The van der Waals surface area contributed by atoms with Gasteiger partial charge in [-0.3, -0.25) is 4.79 Å². The molecule has 0 bridgehead atoms. The van der Waals surface area contributed by atoms with Gasteiger partial charge >= 0.3 is 0 Å². The summed E-state index contributed by atoms with van der Waals surface area (Å²) < 4.78 is 0. The van der Waals surface area contributed by atoms with Crippen molar-refractivity contribution in [3.8, 4) is 11.1 Å². The van der Waals surface area contributed by atoms with Gasteiger partial charge in [-0.15, -0.1) is 0 Å². The topological polar surface area (TPSA) is 54.5 Å². The summed E-state index contributed by atoms with van der Waals surface area (Å²) in [6.07, 6.45) is 0.278.